The molecule has 1 unspecified atom stereocenters. The Bertz CT molecular complexity index is 571. The molecule has 1 aliphatic carbocycles. The van der Waals surface area contributed by atoms with Gasteiger partial charge in [0.1, 0.15) is 11.5 Å². The number of hydrogen-bond donors (Lipinski definition) is 2. The van der Waals surface area contributed by atoms with Crippen LogP contribution in [-0.4, -0.2) is 45.5 Å². The summed E-state index contributed by atoms with van der Waals surface area (Å²) in [6.07, 6.45) is 5.04. The molecule has 1 atom stereocenters. The Hall–Kier alpha value is -1.95. The number of benzene rings is 1. The summed E-state index contributed by atoms with van der Waals surface area (Å²) in [5.74, 6) is 2.46. The lowest BCUT2D eigenvalue weighted by Gasteiger charge is -2.19. The molecule has 146 valence electrons. The van der Waals surface area contributed by atoms with Crippen molar-refractivity contribution in [1.29, 1.82) is 0 Å². The Morgan fingerprint density at radius 1 is 1.27 bits per heavy atom. The summed E-state index contributed by atoms with van der Waals surface area (Å²) < 4.78 is 16.8. The highest BCUT2D eigenvalue weighted by molar-refractivity contribution is 5.80. The van der Waals surface area contributed by atoms with Gasteiger partial charge in [0.05, 0.1) is 26.4 Å². The minimum atomic E-state index is 0.183. The van der Waals surface area contributed by atoms with E-state index in [9.17, 15) is 0 Å². The summed E-state index contributed by atoms with van der Waals surface area (Å²) in [6.45, 7) is 6.10. The predicted molar refractivity (Wildman–Crippen MR) is 105 cm³/mol. The number of guanidine groups is 1. The van der Waals surface area contributed by atoms with Gasteiger partial charge in [0.15, 0.2) is 5.96 Å². The zero-order valence-electron chi connectivity index (χ0n) is 16.5. The average molecular weight is 364 g/mol. The molecule has 26 heavy (non-hydrogen) atoms. The van der Waals surface area contributed by atoms with Gasteiger partial charge in [0.2, 0.25) is 0 Å². The topological polar surface area (TPSA) is 64.1 Å². The molecule has 0 spiro atoms. The third-order valence-electron chi connectivity index (χ3n) is 4.42. The Labute approximate surface area is 157 Å². The summed E-state index contributed by atoms with van der Waals surface area (Å²) in [5.41, 5.74) is 1.06. The summed E-state index contributed by atoms with van der Waals surface area (Å²) in [4.78, 5) is 4.71. The molecule has 0 aliphatic heterocycles. The first-order valence-corrected chi connectivity index (χ1v) is 9.53. The van der Waals surface area contributed by atoms with Crippen LogP contribution < -0.4 is 20.1 Å². The first-order valence-electron chi connectivity index (χ1n) is 9.53. The van der Waals surface area contributed by atoms with Crippen LogP contribution in [0.4, 0.5) is 0 Å². The molecular formula is C20H33N3O3. The van der Waals surface area contributed by atoms with Crippen LogP contribution in [0.25, 0.3) is 0 Å². The monoisotopic (exact) mass is 363 g/mol. The Morgan fingerprint density at radius 2 is 2.04 bits per heavy atom. The van der Waals surface area contributed by atoms with Crippen molar-refractivity contribution in [3.05, 3.63) is 23.8 Å². The molecule has 6 nitrogen and oxygen atoms in total. The van der Waals surface area contributed by atoms with Gasteiger partial charge in [-0.2, -0.15) is 0 Å². The SMILES string of the molecule is CCNC(=NCc1ccc(OC)cc1OC1CCCC1)NC(C)COC. The molecular weight excluding hydrogens is 330 g/mol. The maximum absolute atomic E-state index is 6.25. The number of aliphatic imine (C=N–C) groups is 1. The van der Waals surface area contributed by atoms with E-state index in [0.717, 1.165) is 42.4 Å². The summed E-state index contributed by atoms with van der Waals surface area (Å²) >= 11 is 0. The third kappa shape index (κ3) is 6.41. The molecule has 0 saturated heterocycles. The maximum atomic E-state index is 6.25. The zero-order valence-corrected chi connectivity index (χ0v) is 16.5. The second-order valence-corrected chi connectivity index (χ2v) is 6.69. The first kappa shape index (κ1) is 20.4. The highest BCUT2D eigenvalue weighted by Crippen LogP contribution is 2.30. The van der Waals surface area contributed by atoms with Gasteiger partial charge < -0.3 is 24.8 Å². The van der Waals surface area contributed by atoms with Gasteiger partial charge in [-0.15, -0.1) is 0 Å². The van der Waals surface area contributed by atoms with E-state index in [-0.39, 0.29) is 6.04 Å². The number of rotatable bonds is 9. The molecule has 1 aliphatic rings. The van der Waals surface area contributed by atoms with Crippen molar-refractivity contribution in [2.45, 2.75) is 58.2 Å². The summed E-state index contributed by atoms with van der Waals surface area (Å²) in [7, 11) is 3.38. The number of nitrogens with one attached hydrogen (secondary N) is 2. The fraction of sp³-hybridized carbons (Fsp3) is 0.650. The largest absolute Gasteiger partial charge is 0.497 e. The molecule has 1 fully saturated rings. The van der Waals surface area contributed by atoms with Gasteiger partial charge in [0.25, 0.3) is 0 Å². The van der Waals surface area contributed by atoms with Crippen LogP contribution in [0, 0.1) is 0 Å². The Morgan fingerprint density at radius 3 is 2.69 bits per heavy atom. The average Bonchev–Trinajstić information content (AvgIpc) is 3.13. The predicted octanol–water partition coefficient (Wildman–Crippen LogP) is 3.11. The van der Waals surface area contributed by atoms with Crippen LogP contribution in [0.1, 0.15) is 45.1 Å². The second kappa shape index (κ2) is 10.9. The van der Waals surface area contributed by atoms with E-state index in [1.165, 1.54) is 12.8 Å². The van der Waals surface area contributed by atoms with Crippen molar-refractivity contribution in [3.8, 4) is 11.5 Å². The summed E-state index contributed by atoms with van der Waals surface area (Å²) in [6, 6.07) is 6.15. The third-order valence-corrected chi connectivity index (χ3v) is 4.42. The van der Waals surface area contributed by atoms with Crippen LogP contribution in [0.3, 0.4) is 0 Å². The molecule has 6 heteroatoms. The highest BCUT2D eigenvalue weighted by atomic mass is 16.5. The van der Waals surface area contributed by atoms with Crippen LogP contribution in [0.15, 0.2) is 23.2 Å². The van der Waals surface area contributed by atoms with Crippen molar-refractivity contribution in [2.24, 2.45) is 4.99 Å². The Kier molecular flexibility index (Phi) is 8.54. The van der Waals surface area contributed by atoms with E-state index in [1.807, 2.05) is 18.2 Å². The second-order valence-electron chi connectivity index (χ2n) is 6.69. The number of hydrogen-bond acceptors (Lipinski definition) is 4. The van der Waals surface area contributed by atoms with Gasteiger partial charge in [0, 0.05) is 31.3 Å². The lowest BCUT2D eigenvalue weighted by Crippen LogP contribution is -2.43. The first-order chi connectivity index (χ1) is 12.7. The molecule has 0 aromatic heterocycles. The van der Waals surface area contributed by atoms with Crippen molar-refractivity contribution in [1.82, 2.24) is 10.6 Å². The fourth-order valence-electron chi connectivity index (χ4n) is 3.10. The lowest BCUT2D eigenvalue weighted by molar-refractivity contribution is 0.179. The number of ether oxygens (including phenoxy) is 3. The van der Waals surface area contributed by atoms with Crippen LogP contribution in [0.5, 0.6) is 11.5 Å². The minimum Gasteiger partial charge on any atom is -0.497 e. The maximum Gasteiger partial charge on any atom is 0.191 e. The molecule has 0 amide bonds. The van der Waals surface area contributed by atoms with Crippen LogP contribution in [0.2, 0.25) is 0 Å². The molecule has 2 N–H and O–H groups in total. The van der Waals surface area contributed by atoms with E-state index in [1.54, 1.807) is 14.2 Å². The zero-order chi connectivity index (χ0) is 18.8. The minimum absolute atomic E-state index is 0.183. The van der Waals surface area contributed by atoms with Crippen molar-refractivity contribution in [2.75, 3.05) is 27.4 Å². The smallest absolute Gasteiger partial charge is 0.191 e. The molecule has 0 heterocycles. The van der Waals surface area contributed by atoms with Crippen LogP contribution in [-0.2, 0) is 11.3 Å². The standard InChI is InChI=1S/C20H33N3O3/c1-5-21-20(23-15(2)14-24-3)22-13-16-10-11-18(25-4)12-19(16)26-17-8-6-7-9-17/h10-12,15,17H,5-9,13-14H2,1-4H3,(H2,21,22,23). The van der Waals surface area contributed by atoms with E-state index in [0.29, 0.717) is 19.3 Å². The van der Waals surface area contributed by atoms with Gasteiger partial charge in [-0.3, -0.25) is 0 Å². The molecule has 2 rings (SSSR count). The summed E-state index contributed by atoms with van der Waals surface area (Å²) in [5, 5.41) is 6.63. The molecule has 1 aromatic carbocycles. The van der Waals surface area contributed by atoms with Gasteiger partial charge in [-0.25, -0.2) is 4.99 Å². The van der Waals surface area contributed by atoms with E-state index in [2.05, 4.69) is 24.5 Å². The van der Waals surface area contributed by atoms with Crippen molar-refractivity contribution in [3.63, 3.8) is 0 Å². The van der Waals surface area contributed by atoms with Gasteiger partial charge in [-0.05, 0) is 51.7 Å². The number of methoxy groups -OCH3 is 2. The van der Waals surface area contributed by atoms with Gasteiger partial charge >= 0.3 is 0 Å². The molecule has 1 aromatic rings. The van der Waals surface area contributed by atoms with E-state index < -0.39 is 0 Å². The molecule has 0 bridgehead atoms. The number of nitrogens with zero attached hydrogens (tertiary/aromatic N) is 1. The molecule has 1 saturated carbocycles. The quantitative estimate of drug-likeness (QED) is 0.521. The Balaban J connectivity index is 2.11. The van der Waals surface area contributed by atoms with Crippen LogP contribution >= 0.6 is 0 Å². The van der Waals surface area contributed by atoms with E-state index >= 15 is 0 Å². The fourth-order valence-corrected chi connectivity index (χ4v) is 3.10. The van der Waals surface area contributed by atoms with Gasteiger partial charge in [-0.1, -0.05) is 0 Å². The molecule has 0 radical (unpaired) electrons. The van der Waals surface area contributed by atoms with Crippen molar-refractivity contribution >= 4 is 5.96 Å². The normalized spacial score (nSPS) is 16.4. The lowest BCUT2D eigenvalue weighted by atomic mass is 10.2. The van der Waals surface area contributed by atoms with E-state index in [4.69, 9.17) is 19.2 Å². The highest BCUT2D eigenvalue weighted by Gasteiger charge is 2.18. The van der Waals surface area contributed by atoms with Crippen molar-refractivity contribution < 1.29 is 14.2 Å².